The Labute approximate surface area is 517 Å². The summed E-state index contributed by atoms with van der Waals surface area (Å²) in [7, 11) is 0. The summed E-state index contributed by atoms with van der Waals surface area (Å²) in [5.41, 5.74) is 14.6. The summed E-state index contributed by atoms with van der Waals surface area (Å²) >= 11 is -6.34. The molecular formula is C68H92Bi3Sb3Te. The van der Waals surface area contributed by atoms with Crippen molar-refractivity contribution in [1.29, 1.82) is 0 Å². The zero-order valence-electron chi connectivity index (χ0n) is 49.6. The molecule has 0 N–H and O–H groups in total. The molecule has 8 aromatic rings. The van der Waals surface area contributed by atoms with Crippen molar-refractivity contribution in [2.45, 2.75) is 108 Å². The Balaban J connectivity index is 0.000000309. The van der Waals surface area contributed by atoms with E-state index in [0.29, 0.717) is 20.9 Å². The first-order valence-electron chi connectivity index (χ1n) is 25.6. The predicted octanol–water partition coefficient (Wildman–Crippen LogP) is 15.9. The van der Waals surface area contributed by atoms with Crippen LogP contribution in [0.3, 0.4) is 0 Å². The minimum absolute atomic E-state index is 0.470. The van der Waals surface area contributed by atoms with Gasteiger partial charge >= 0.3 is 525 Å². The van der Waals surface area contributed by atoms with E-state index in [9.17, 15) is 0 Å². The summed E-state index contributed by atoms with van der Waals surface area (Å²) in [5.74, 6) is 0. The van der Waals surface area contributed by atoms with E-state index in [2.05, 4.69) is 303 Å². The third kappa shape index (κ3) is 26.4. The van der Waals surface area contributed by atoms with Crippen LogP contribution in [0.25, 0.3) is 22.3 Å². The van der Waals surface area contributed by atoms with Gasteiger partial charge in [0.15, 0.2) is 0 Å². The first-order chi connectivity index (χ1) is 35.7. The molecule has 0 aromatic heterocycles. The molecule has 0 aliphatic heterocycles. The van der Waals surface area contributed by atoms with Crippen molar-refractivity contribution in [1.82, 2.24) is 0 Å². The molecule has 7 heteroatoms. The van der Waals surface area contributed by atoms with Crippen molar-refractivity contribution in [3.8, 4) is 22.3 Å². The van der Waals surface area contributed by atoms with Crippen molar-refractivity contribution in [3.05, 3.63) is 228 Å². The molecule has 0 aliphatic carbocycles. The van der Waals surface area contributed by atoms with Gasteiger partial charge in [-0.05, 0) is 0 Å². The molecule has 0 nitrogen and oxygen atoms in total. The Morgan fingerprint density at radius 1 is 0.293 bits per heavy atom. The standard InChI is InChI=1S/2C13H11.2C8H9.2C6H5.C2H6Te.12CH3.3Bi.3Sb/c2*1-11-6-5-9-13(10-11)12-7-3-2-4-8-12;2*1-7-4-3-5-8(2)6-7;2*1-2-4-6-5-3-1;1-3-2;;;;;;;;;;;;;;;;;;/h2*2-9H,1H3;2*3-5H,1-2H3;2*1-5H;1-2H3;12*1H3;;;;;;. The second-order valence-corrected chi connectivity index (χ2v) is 67.6. The van der Waals surface area contributed by atoms with E-state index < -0.39 is 126 Å². The van der Waals surface area contributed by atoms with E-state index in [1.807, 2.05) is 0 Å². The van der Waals surface area contributed by atoms with Crippen molar-refractivity contribution < 1.29 is 0 Å². The van der Waals surface area contributed by atoms with Crippen molar-refractivity contribution >= 4 is 167 Å². The predicted molar refractivity (Wildman–Crippen MR) is 358 cm³/mol. The quantitative estimate of drug-likeness (QED) is 0.133. The fourth-order valence-electron chi connectivity index (χ4n) is 8.68. The average Bonchev–Trinajstić information content (AvgIpc) is 3.38. The molecule has 400 valence electrons. The zero-order chi connectivity index (χ0) is 56.0. The maximum atomic E-state index is 2.46. The van der Waals surface area contributed by atoms with Crippen molar-refractivity contribution in [2.24, 2.45) is 0 Å². The number of hydrogen-bond acceptors (Lipinski definition) is 0. The minimum atomic E-state index is -1.40. The van der Waals surface area contributed by atoms with Crippen LogP contribution in [-0.4, -0.2) is 147 Å². The van der Waals surface area contributed by atoms with Gasteiger partial charge in [0.05, 0.1) is 0 Å². The Morgan fingerprint density at radius 3 is 0.907 bits per heavy atom. The summed E-state index contributed by atoms with van der Waals surface area (Å²) < 4.78 is 24.6. The van der Waals surface area contributed by atoms with E-state index in [1.165, 1.54) is 55.6 Å². The second kappa shape index (κ2) is 39.9. The zero-order valence-corrected chi connectivity index (χ0v) is 70.0. The van der Waals surface area contributed by atoms with E-state index in [0.717, 1.165) is 0 Å². The van der Waals surface area contributed by atoms with Crippen LogP contribution < -0.4 is 20.3 Å². The molecule has 8 rings (SSSR count). The normalized spacial score (nSPS) is 10.4. The Morgan fingerprint density at radius 2 is 0.600 bits per heavy atom. The molecule has 0 aliphatic rings. The maximum absolute atomic E-state index is 2.46. The summed E-state index contributed by atoms with van der Waals surface area (Å²) in [6.45, 7) is 13.4. The van der Waals surface area contributed by atoms with Crippen LogP contribution >= 0.6 is 0 Å². The number of benzene rings is 8. The van der Waals surface area contributed by atoms with Gasteiger partial charge in [-0.2, -0.15) is 0 Å². The van der Waals surface area contributed by atoms with Gasteiger partial charge in [0.25, 0.3) is 0 Å². The van der Waals surface area contributed by atoms with E-state index in [4.69, 9.17) is 0 Å². The first kappa shape index (κ1) is 70.8. The van der Waals surface area contributed by atoms with E-state index in [-0.39, 0.29) is 0 Å². The summed E-state index contributed by atoms with van der Waals surface area (Å²) in [5, 5.41) is 0. The number of rotatable bonds is 8. The molecule has 0 fully saturated rings. The number of aryl methyl sites for hydroxylation is 6. The molecule has 0 saturated heterocycles. The van der Waals surface area contributed by atoms with Gasteiger partial charge in [-0.15, -0.1) is 0 Å². The van der Waals surface area contributed by atoms with Crippen molar-refractivity contribution in [2.75, 3.05) is 0 Å². The fraction of sp³-hybridized carbons (Fsp3) is 0.294. The molecule has 75 heavy (non-hydrogen) atoms. The van der Waals surface area contributed by atoms with Gasteiger partial charge in [-0.1, -0.05) is 0 Å². The van der Waals surface area contributed by atoms with E-state index in [1.54, 1.807) is 20.3 Å². The molecule has 0 radical (unpaired) electrons. The van der Waals surface area contributed by atoms with Crippen molar-refractivity contribution in [3.63, 3.8) is 0 Å². The van der Waals surface area contributed by atoms with Gasteiger partial charge in [0, 0.05) is 0 Å². The molecule has 0 amide bonds. The molecular weight excluding hydrogens is 1940 g/mol. The van der Waals surface area contributed by atoms with Gasteiger partial charge < -0.3 is 0 Å². The van der Waals surface area contributed by atoms with Crippen LogP contribution in [0.4, 0.5) is 0 Å². The van der Waals surface area contributed by atoms with E-state index >= 15 is 0 Å². The molecule has 0 unspecified atom stereocenters. The SMILES string of the molecule is C[Te]C.Cc1cccc(-c2ccccc2)[c]1[Bi]([CH3])[CH3].Cc1cccc(-c2ccccc2)[c]1[Sb]([CH3])[CH3].Cc1cccc(C)[c]1[Bi]([CH3])[CH3].Cc1cccc(C)[c]1[Sb]([CH3])[CH3].[CH3][Bi]([CH3])[c]1ccccc1.[CH3][Sb]([CH3])[c]1ccccc1. The van der Waals surface area contributed by atoms with Gasteiger partial charge in [-0.3, -0.25) is 0 Å². The molecule has 0 spiro atoms. The Bertz CT molecular complexity index is 2540. The molecule has 8 aromatic carbocycles. The fourth-order valence-corrected chi connectivity index (χ4v) is 34.3. The van der Waals surface area contributed by atoms with Crippen LogP contribution in [-0.2, 0) is 0 Å². The summed E-state index contributed by atoms with van der Waals surface area (Å²) in [6.07, 6.45) is 0. The molecule has 0 heterocycles. The van der Waals surface area contributed by atoms with Crippen LogP contribution in [0.1, 0.15) is 33.4 Å². The van der Waals surface area contributed by atoms with Crippen LogP contribution in [0.5, 0.6) is 0 Å². The molecule has 0 saturated carbocycles. The van der Waals surface area contributed by atoms with Crippen LogP contribution in [0.2, 0.25) is 67.0 Å². The topological polar surface area (TPSA) is 0 Å². The van der Waals surface area contributed by atoms with Gasteiger partial charge in [-0.25, -0.2) is 0 Å². The monoisotopic (exact) mass is 2030 g/mol. The third-order valence-corrected chi connectivity index (χ3v) is 41.6. The summed E-state index contributed by atoms with van der Waals surface area (Å²) in [6, 6.07) is 69.7. The summed E-state index contributed by atoms with van der Waals surface area (Å²) in [4.78, 5) is 19.0. The first-order valence-corrected chi connectivity index (χ1v) is 75.5. The van der Waals surface area contributed by atoms with Gasteiger partial charge in [0.1, 0.15) is 0 Å². The molecule has 0 bridgehead atoms. The van der Waals surface area contributed by atoms with Crippen LogP contribution in [0.15, 0.2) is 194 Å². The second-order valence-electron chi connectivity index (χ2n) is 19.6. The average molecular weight is 2030 g/mol. The molecule has 0 atom stereocenters. The van der Waals surface area contributed by atoms with Crippen LogP contribution in [0, 0.1) is 41.5 Å². The third-order valence-electron chi connectivity index (χ3n) is 11.9. The Hall–Kier alpha value is -0.346. The van der Waals surface area contributed by atoms with Gasteiger partial charge in [0.2, 0.25) is 0 Å². The number of hydrogen-bond donors (Lipinski definition) is 0. The Kier molecular flexibility index (Phi) is 37.7.